The molecule has 4 aliphatic carbocycles. The molecule has 7 atom stereocenters. The Bertz CT molecular complexity index is 632. The summed E-state index contributed by atoms with van der Waals surface area (Å²) in [5, 5.41) is 0. The minimum absolute atomic E-state index is 0.0345. The highest BCUT2D eigenvalue weighted by Crippen LogP contribution is 2.76. The Labute approximate surface area is 150 Å². The number of rotatable bonds is 3. The molecule has 0 saturated heterocycles. The highest BCUT2D eigenvalue weighted by Gasteiger charge is 2.78. The van der Waals surface area contributed by atoms with Gasteiger partial charge in [-0.1, -0.05) is 13.5 Å². The topological polar surface area (TPSA) is 52.6 Å². The molecule has 4 bridgehead atoms. The third kappa shape index (κ3) is 2.18. The van der Waals surface area contributed by atoms with Crippen molar-refractivity contribution in [3.8, 4) is 0 Å². The lowest BCUT2D eigenvalue weighted by atomic mass is 9.59. The molecule has 0 N–H and O–H groups in total. The van der Waals surface area contributed by atoms with Crippen molar-refractivity contribution >= 4 is 11.9 Å². The Morgan fingerprint density at radius 1 is 1.24 bits per heavy atom. The van der Waals surface area contributed by atoms with Gasteiger partial charge in [0.25, 0.3) is 0 Å². The lowest BCUT2D eigenvalue weighted by Crippen LogP contribution is -2.57. The third-order valence-corrected chi connectivity index (χ3v) is 7.55. The summed E-state index contributed by atoms with van der Waals surface area (Å²) < 4.78 is 11.9. The van der Waals surface area contributed by atoms with E-state index in [0.29, 0.717) is 17.8 Å². The molecule has 4 nitrogen and oxygen atoms in total. The van der Waals surface area contributed by atoms with Crippen molar-refractivity contribution in [2.75, 3.05) is 0 Å². The Morgan fingerprint density at radius 2 is 1.96 bits per heavy atom. The first-order valence-corrected chi connectivity index (χ1v) is 9.69. The van der Waals surface area contributed by atoms with Gasteiger partial charge >= 0.3 is 11.9 Å². The first-order valence-electron chi connectivity index (χ1n) is 9.69. The van der Waals surface area contributed by atoms with Crippen LogP contribution in [0, 0.1) is 35.0 Å². The molecule has 0 amide bonds. The quantitative estimate of drug-likeness (QED) is 0.442. The molecule has 0 aliphatic heterocycles. The Kier molecular flexibility index (Phi) is 3.50. The molecule has 138 valence electrons. The zero-order chi connectivity index (χ0) is 18.2. The summed E-state index contributed by atoms with van der Waals surface area (Å²) in [5.41, 5.74) is -0.782. The maximum absolute atomic E-state index is 12.8. The molecule has 0 aromatic rings. The molecule has 4 fully saturated rings. The number of hydrogen-bond donors (Lipinski definition) is 0. The number of fused-ring (bicyclic) bond motifs is 9. The van der Waals surface area contributed by atoms with Gasteiger partial charge < -0.3 is 9.47 Å². The molecule has 4 aliphatic rings. The molecule has 25 heavy (non-hydrogen) atoms. The molecule has 0 heterocycles. The van der Waals surface area contributed by atoms with Gasteiger partial charge in [0.1, 0.15) is 11.2 Å². The fraction of sp³-hybridized carbons (Fsp3) is 0.810. The van der Waals surface area contributed by atoms with E-state index < -0.39 is 5.60 Å². The first kappa shape index (κ1) is 17.1. The van der Waals surface area contributed by atoms with Gasteiger partial charge in [-0.05, 0) is 64.7 Å². The summed E-state index contributed by atoms with van der Waals surface area (Å²) in [5.74, 6) is 1.06. The number of carbonyl (C=O) groups excluding carboxylic acids is 2. The second-order valence-electron chi connectivity index (χ2n) is 9.98. The van der Waals surface area contributed by atoms with Crippen LogP contribution in [0.1, 0.15) is 59.8 Å². The Hall–Kier alpha value is -1.32. The van der Waals surface area contributed by atoms with Crippen LogP contribution in [-0.4, -0.2) is 23.1 Å². The molecule has 4 rings (SSSR count). The van der Waals surface area contributed by atoms with Crippen molar-refractivity contribution in [3.05, 3.63) is 12.7 Å². The molecule has 7 unspecified atom stereocenters. The van der Waals surface area contributed by atoms with E-state index in [-0.39, 0.29) is 34.8 Å². The molecule has 4 heteroatoms. The van der Waals surface area contributed by atoms with Gasteiger partial charge in [0.2, 0.25) is 0 Å². The van der Waals surface area contributed by atoms with Gasteiger partial charge in [-0.2, -0.15) is 0 Å². The van der Waals surface area contributed by atoms with Crippen molar-refractivity contribution in [1.29, 1.82) is 0 Å². The number of hydrogen-bond acceptors (Lipinski definition) is 4. The van der Waals surface area contributed by atoms with Gasteiger partial charge in [0, 0.05) is 23.3 Å². The summed E-state index contributed by atoms with van der Waals surface area (Å²) in [6, 6.07) is 0. The summed E-state index contributed by atoms with van der Waals surface area (Å²) in [7, 11) is 0. The zero-order valence-electron chi connectivity index (χ0n) is 15.8. The van der Waals surface area contributed by atoms with E-state index in [2.05, 4.69) is 13.5 Å². The van der Waals surface area contributed by atoms with Crippen LogP contribution in [-0.2, 0) is 19.1 Å². The van der Waals surface area contributed by atoms with Gasteiger partial charge in [-0.15, -0.1) is 0 Å². The fourth-order valence-electron chi connectivity index (χ4n) is 7.08. The molecule has 0 aromatic heterocycles. The fourth-order valence-corrected chi connectivity index (χ4v) is 7.08. The molecular formula is C21H30O4. The van der Waals surface area contributed by atoms with Crippen molar-refractivity contribution in [1.82, 2.24) is 0 Å². The number of esters is 2. The second-order valence-corrected chi connectivity index (χ2v) is 9.98. The van der Waals surface area contributed by atoms with E-state index in [1.54, 1.807) is 0 Å². The minimum Gasteiger partial charge on any atom is -0.460 e. The molecule has 4 saturated carbocycles. The zero-order valence-corrected chi connectivity index (χ0v) is 15.8. The minimum atomic E-state index is -0.452. The van der Waals surface area contributed by atoms with Crippen molar-refractivity contribution in [2.45, 2.75) is 71.0 Å². The van der Waals surface area contributed by atoms with Gasteiger partial charge in [-0.25, -0.2) is 4.79 Å². The van der Waals surface area contributed by atoms with Crippen LogP contribution < -0.4 is 0 Å². The lowest BCUT2D eigenvalue weighted by molar-refractivity contribution is -0.198. The van der Waals surface area contributed by atoms with Crippen molar-refractivity contribution < 1.29 is 19.1 Å². The normalized spacial score (nSPS) is 46.8. The highest BCUT2D eigenvalue weighted by molar-refractivity contribution is 5.82. The van der Waals surface area contributed by atoms with Crippen LogP contribution in [0.25, 0.3) is 0 Å². The van der Waals surface area contributed by atoms with Crippen LogP contribution in [0.15, 0.2) is 12.7 Å². The second kappa shape index (κ2) is 5.11. The first-order chi connectivity index (χ1) is 11.6. The highest BCUT2D eigenvalue weighted by atomic mass is 16.6. The Balaban J connectivity index is 1.65. The van der Waals surface area contributed by atoms with E-state index in [1.807, 2.05) is 20.8 Å². The number of carbonyl (C=O) groups is 2. The van der Waals surface area contributed by atoms with E-state index >= 15 is 0 Å². The summed E-state index contributed by atoms with van der Waals surface area (Å²) in [4.78, 5) is 24.9. The predicted octanol–water partition coefficient (Wildman–Crippen LogP) is 3.89. The SMILES string of the molecule is C=CC(=O)OC12C3CC(C(=O)OC(C)(C)C)C(C3)C1C1CCC2(C)C1. The van der Waals surface area contributed by atoms with E-state index in [1.165, 1.54) is 12.5 Å². The van der Waals surface area contributed by atoms with Gasteiger partial charge in [-0.3, -0.25) is 4.79 Å². The van der Waals surface area contributed by atoms with Crippen LogP contribution in [0.4, 0.5) is 0 Å². The molecule has 0 radical (unpaired) electrons. The average Bonchev–Trinajstić information content (AvgIpc) is 3.21. The molecule has 0 aromatic carbocycles. The largest absolute Gasteiger partial charge is 0.460 e. The summed E-state index contributed by atoms with van der Waals surface area (Å²) >= 11 is 0. The lowest BCUT2D eigenvalue weighted by Gasteiger charge is -2.52. The molecule has 0 spiro atoms. The third-order valence-electron chi connectivity index (χ3n) is 7.55. The summed E-state index contributed by atoms with van der Waals surface area (Å²) in [6.07, 6.45) is 6.51. The maximum Gasteiger partial charge on any atom is 0.330 e. The van der Waals surface area contributed by atoms with Crippen LogP contribution in [0.3, 0.4) is 0 Å². The van der Waals surface area contributed by atoms with Crippen molar-refractivity contribution in [3.63, 3.8) is 0 Å². The smallest absolute Gasteiger partial charge is 0.330 e. The van der Waals surface area contributed by atoms with Crippen LogP contribution in [0.2, 0.25) is 0 Å². The van der Waals surface area contributed by atoms with E-state index in [9.17, 15) is 9.59 Å². The van der Waals surface area contributed by atoms with Crippen LogP contribution >= 0.6 is 0 Å². The average molecular weight is 346 g/mol. The number of ether oxygens (including phenoxy) is 2. The van der Waals surface area contributed by atoms with Crippen LogP contribution in [0.5, 0.6) is 0 Å². The standard InChI is InChI=1S/C21H30O4/c1-6-16(22)24-21-13-9-14(15(10-13)18(23)25-19(2,3)4)17(21)12-7-8-20(21,5)11-12/h6,12-15,17H,1,7-11H2,2-5H3. The Morgan fingerprint density at radius 3 is 2.60 bits per heavy atom. The summed E-state index contributed by atoms with van der Waals surface area (Å²) in [6.45, 7) is 11.7. The monoisotopic (exact) mass is 346 g/mol. The molecular weight excluding hydrogens is 316 g/mol. The van der Waals surface area contributed by atoms with Gasteiger partial charge in [0.05, 0.1) is 5.92 Å². The van der Waals surface area contributed by atoms with E-state index in [4.69, 9.17) is 9.47 Å². The van der Waals surface area contributed by atoms with E-state index in [0.717, 1.165) is 25.7 Å². The van der Waals surface area contributed by atoms with Gasteiger partial charge in [0.15, 0.2) is 0 Å². The maximum atomic E-state index is 12.8. The predicted molar refractivity (Wildman–Crippen MR) is 93.5 cm³/mol. The van der Waals surface area contributed by atoms with Crippen molar-refractivity contribution in [2.24, 2.45) is 35.0 Å².